The van der Waals surface area contributed by atoms with E-state index in [1.807, 2.05) is 36.4 Å². The fourth-order valence-corrected chi connectivity index (χ4v) is 4.92. The first kappa shape index (κ1) is 22.3. The molecule has 1 heterocycles. The van der Waals surface area contributed by atoms with Gasteiger partial charge < -0.3 is 14.6 Å². The van der Waals surface area contributed by atoms with E-state index in [0.29, 0.717) is 46.9 Å². The van der Waals surface area contributed by atoms with Crippen molar-refractivity contribution in [3.8, 4) is 11.5 Å². The van der Waals surface area contributed by atoms with Crippen molar-refractivity contribution < 1.29 is 19.4 Å². The summed E-state index contributed by atoms with van der Waals surface area (Å²) in [5, 5.41) is 10.7. The van der Waals surface area contributed by atoms with Crippen LogP contribution in [0, 0.1) is 5.92 Å². The van der Waals surface area contributed by atoms with E-state index < -0.39 is 5.97 Å². The summed E-state index contributed by atoms with van der Waals surface area (Å²) in [6.45, 7) is 4.81. The number of nitrogens with zero attached hydrogens (tertiary/aromatic N) is 1. The van der Waals surface area contributed by atoms with Crippen molar-refractivity contribution in [2.45, 2.75) is 33.1 Å². The number of benzene rings is 2. The molecule has 5 nitrogen and oxygen atoms in total. The zero-order chi connectivity index (χ0) is 22.8. The monoisotopic (exact) mass is 495 g/mol. The molecule has 0 radical (unpaired) electrons. The summed E-state index contributed by atoms with van der Waals surface area (Å²) in [7, 11) is 1.63. The van der Waals surface area contributed by atoms with Crippen molar-refractivity contribution >= 4 is 44.5 Å². The number of rotatable bonds is 6. The highest BCUT2D eigenvalue weighted by atomic mass is 79.9. The number of ether oxygens (including phenoxy) is 2. The second-order valence-electron chi connectivity index (χ2n) is 8.20. The molecule has 6 heteroatoms. The number of carboxylic acids is 1. The molecule has 2 aromatic carbocycles. The summed E-state index contributed by atoms with van der Waals surface area (Å²) in [4.78, 5) is 17.1. The van der Waals surface area contributed by atoms with Gasteiger partial charge in [-0.15, -0.1) is 0 Å². The number of hydrogen-bond donors (Lipinski definition) is 1. The largest absolute Gasteiger partial charge is 0.493 e. The first-order valence-electron chi connectivity index (χ1n) is 10.8. The molecular weight excluding hydrogens is 470 g/mol. The number of aromatic nitrogens is 1. The second kappa shape index (κ2) is 9.33. The summed E-state index contributed by atoms with van der Waals surface area (Å²) in [6.07, 6.45) is 4.51. The summed E-state index contributed by atoms with van der Waals surface area (Å²) in [5.41, 5.74) is 4.63. The maximum atomic E-state index is 12.2. The molecule has 4 rings (SSSR count). The van der Waals surface area contributed by atoms with Crippen LogP contribution in [0.1, 0.15) is 53.9 Å². The van der Waals surface area contributed by atoms with Gasteiger partial charge in [0.25, 0.3) is 0 Å². The number of methoxy groups -OCH3 is 1. The van der Waals surface area contributed by atoms with Crippen LogP contribution in [-0.4, -0.2) is 29.8 Å². The molecule has 0 bridgehead atoms. The van der Waals surface area contributed by atoms with Crippen molar-refractivity contribution in [3.63, 3.8) is 0 Å². The molecule has 1 unspecified atom stereocenters. The number of aromatic carboxylic acids is 1. The quantitative estimate of drug-likeness (QED) is 0.416. The van der Waals surface area contributed by atoms with Crippen molar-refractivity contribution in [2.24, 2.45) is 5.92 Å². The van der Waals surface area contributed by atoms with E-state index in [4.69, 9.17) is 14.5 Å². The minimum absolute atomic E-state index is 0.312. The molecule has 0 spiro atoms. The molecule has 0 amide bonds. The lowest BCUT2D eigenvalue weighted by atomic mass is 9.80. The average Bonchev–Trinajstić information content (AvgIpc) is 2.76. The Morgan fingerprint density at radius 1 is 1.28 bits per heavy atom. The summed E-state index contributed by atoms with van der Waals surface area (Å²) in [5.74, 6) is 0.745. The Morgan fingerprint density at radius 2 is 2.06 bits per heavy atom. The topological polar surface area (TPSA) is 68.7 Å². The Bertz CT molecular complexity index is 1220. The number of hydrogen-bond acceptors (Lipinski definition) is 4. The van der Waals surface area contributed by atoms with Gasteiger partial charge in [-0.25, -0.2) is 9.78 Å². The van der Waals surface area contributed by atoms with Gasteiger partial charge in [0.15, 0.2) is 11.5 Å². The number of pyridine rings is 1. The molecule has 1 aromatic heterocycles. The van der Waals surface area contributed by atoms with Gasteiger partial charge in [-0.1, -0.05) is 32.0 Å². The van der Waals surface area contributed by atoms with Crippen LogP contribution in [0.3, 0.4) is 0 Å². The van der Waals surface area contributed by atoms with Crippen molar-refractivity contribution in [1.82, 2.24) is 4.98 Å². The Morgan fingerprint density at radius 3 is 2.78 bits per heavy atom. The van der Waals surface area contributed by atoms with Crippen LogP contribution >= 0.6 is 15.9 Å². The summed E-state index contributed by atoms with van der Waals surface area (Å²) >= 11 is 3.61. The first-order chi connectivity index (χ1) is 15.4. The number of carbonyl (C=O) groups is 1. The van der Waals surface area contributed by atoms with Gasteiger partial charge >= 0.3 is 5.97 Å². The van der Waals surface area contributed by atoms with Crippen LogP contribution in [0.4, 0.5) is 0 Å². The van der Waals surface area contributed by atoms with Gasteiger partial charge in [-0.2, -0.15) is 0 Å². The molecule has 0 fully saturated rings. The van der Waals surface area contributed by atoms with Crippen LogP contribution in [0.25, 0.3) is 22.6 Å². The molecule has 0 saturated carbocycles. The SMILES string of the molecule is CCCOc1c(Br)cc(/C=C2/CC(C)Cc3c2nc2ccccc2c3C(=O)O)cc1OC. The van der Waals surface area contributed by atoms with Crippen LogP contribution in [0.2, 0.25) is 0 Å². The molecule has 32 heavy (non-hydrogen) atoms. The number of halogens is 1. The minimum atomic E-state index is -0.907. The van der Waals surface area contributed by atoms with Gasteiger partial charge in [-0.3, -0.25) is 0 Å². The second-order valence-corrected chi connectivity index (χ2v) is 9.06. The van der Waals surface area contributed by atoms with Crippen LogP contribution < -0.4 is 9.47 Å². The number of allylic oxidation sites excluding steroid dienone is 1. The summed E-state index contributed by atoms with van der Waals surface area (Å²) in [6, 6.07) is 11.4. The third-order valence-corrected chi connectivity index (χ3v) is 6.26. The molecule has 0 saturated heterocycles. The Hall–Kier alpha value is -2.86. The molecule has 1 atom stereocenters. The smallest absolute Gasteiger partial charge is 0.336 e. The fraction of sp³-hybridized carbons (Fsp3) is 0.308. The van der Waals surface area contributed by atoms with Crippen LogP contribution in [0.15, 0.2) is 40.9 Å². The van der Waals surface area contributed by atoms with E-state index in [1.54, 1.807) is 7.11 Å². The predicted octanol–water partition coefficient (Wildman–Crippen LogP) is 6.62. The molecule has 1 N–H and O–H groups in total. The van der Waals surface area contributed by atoms with E-state index in [0.717, 1.165) is 39.7 Å². The van der Waals surface area contributed by atoms with Crippen LogP contribution in [0.5, 0.6) is 11.5 Å². The van der Waals surface area contributed by atoms with Crippen LogP contribution in [-0.2, 0) is 6.42 Å². The Kier molecular flexibility index (Phi) is 6.51. The molecule has 3 aromatic rings. The highest BCUT2D eigenvalue weighted by Crippen LogP contribution is 2.41. The van der Waals surface area contributed by atoms with Gasteiger partial charge in [0.2, 0.25) is 0 Å². The Labute approximate surface area is 196 Å². The molecule has 1 aliphatic rings. The maximum absolute atomic E-state index is 12.2. The zero-order valence-electron chi connectivity index (χ0n) is 18.4. The standard InChI is InChI=1S/C26H26BrNO4/c1-4-9-32-25-20(27)13-16(14-22(25)31-3)12-17-10-15(2)11-19-23(26(29)30)18-7-5-6-8-21(18)28-24(17)19/h5-8,12-15H,4,9-11H2,1-3H3,(H,29,30)/b17-12-. The van der Waals surface area contributed by atoms with Gasteiger partial charge in [0.1, 0.15) is 0 Å². The van der Waals surface area contributed by atoms with Gasteiger partial charge in [0, 0.05) is 5.39 Å². The van der Waals surface area contributed by atoms with Crippen molar-refractivity contribution in [1.29, 1.82) is 0 Å². The van der Waals surface area contributed by atoms with Crippen molar-refractivity contribution in [3.05, 3.63) is 63.3 Å². The molecular formula is C26H26BrNO4. The highest BCUT2D eigenvalue weighted by molar-refractivity contribution is 9.10. The lowest BCUT2D eigenvalue weighted by Crippen LogP contribution is -2.17. The van der Waals surface area contributed by atoms with E-state index in [2.05, 4.69) is 35.9 Å². The molecule has 1 aliphatic carbocycles. The third kappa shape index (κ3) is 4.24. The summed E-state index contributed by atoms with van der Waals surface area (Å²) < 4.78 is 12.2. The molecule has 0 aliphatic heterocycles. The van der Waals surface area contributed by atoms with Crippen molar-refractivity contribution in [2.75, 3.05) is 13.7 Å². The average molecular weight is 496 g/mol. The minimum Gasteiger partial charge on any atom is -0.493 e. The predicted molar refractivity (Wildman–Crippen MR) is 131 cm³/mol. The normalized spacial score (nSPS) is 16.8. The lowest BCUT2D eigenvalue weighted by Gasteiger charge is -2.26. The van der Waals surface area contributed by atoms with Gasteiger partial charge in [-0.05, 0) is 82.1 Å². The zero-order valence-corrected chi connectivity index (χ0v) is 20.0. The van der Waals surface area contributed by atoms with E-state index in [9.17, 15) is 9.90 Å². The van der Waals surface area contributed by atoms with E-state index in [-0.39, 0.29) is 0 Å². The number of para-hydroxylation sites is 1. The van der Waals surface area contributed by atoms with E-state index >= 15 is 0 Å². The first-order valence-corrected chi connectivity index (χ1v) is 11.6. The third-order valence-electron chi connectivity index (χ3n) is 5.68. The van der Waals surface area contributed by atoms with E-state index in [1.165, 1.54) is 0 Å². The highest BCUT2D eigenvalue weighted by Gasteiger charge is 2.28. The van der Waals surface area contributed by atoms with Gasteiger partial charge in [0.05, 0.1) is 35.0 Å². The maximum Gasteiger partial charge on any atom is 0.336 e. The number of fused-ring (bicyclic) bond motifs is 2. The molecule has 166 valence electrons. The lowest BCUT2D eigenvalue weighted by molar-refractivity contribution is 0.0697. The number of carboxylic acid groups (broad SMARTS) is 1. The Balaban J connectivity index is 1.88. The fourth-order valence-electron chi connectivity index (χ4n) is 4.35.